The number of aliphatic hydroxyl groups is 4. The molecule has 11 atom stereocenters. The van der Waals surface area contributed by atoms with E-state index in [2.05, 4.69) is 6.92 Å². The quantitative estimate of drug-likeness (QED) is 0.397. The molecule has 4 aliphatic rings. The number of carbonyl (C=O) groups is 2. The molecule has 1 aromatic heterocycles. The Morgan fingerprint density at radius 3 is 2.61 bits per heavy atom. The van der Waals surface area contributed by atoms with Gasteiger partial charge in [-0.3, -0.25) is 4.79 Å². The molecule has 2 aliphatic heterocycles. The van der Waals surface area contributed by atoms with Crippen molar-refractivity contribution in [1.82, 2.24) is 0 Å². The van der Waals surface area contributed by atoms with Crippen LogP contribution in [0, 0.1) is 22.7 Å². The van der Waals surface area contributed by atoms with Crippen LogP contribution >= 0.6 is 0 Å². The Morgan fingerprint density at radius 2 is 1.95 bits per heavy atom. The number of rotatable bonds is 5. The minimum atomic E-state index is -1.62. The third-order valence-electron chi connectivity index (χ3n) is 9.45. The van der Waals surface area contributed by atoms with Gasteiger partial charge in [0.2, 0.25) is 0 Å². The van der Waals surface area contributed by atoms with Crippen molar-refractivity contribution in [2.24, 2.45) is 22.7 Å². The van der Waals surface area contributed by atoms with E-state index in [-0.39, 0.29) is 18.3 Å². The van der Waals surface area contributed by atoms with Crippen LogP contribution in [0.3, 0.4) is 0 Å². The molecule has 5 rings (SSSR count). The number of hydrogen-bond donors (Lipinski definition) is 4. The molecule has 11 heteroatoms. The molecule has 11 nitrogen and oxygen atoms in total. The molecule has 38 heavy (non-hydrogen) atoms. The van der Waals surface area contributed by atoms with E-state index >= 15 is 0 Å². The van der Waals surface area contributed by atoms with Gasteiger partial charge in [0.1, 0.15) is 30.5 Å². The second-order valence-electron chi connectivity index (χ2n) is 11.3. The van der Waals surface area contributed by atoms with Gasteiger partial charge in [0.15, 0.2) is 6.29 Å². The van der Waals surface area contributed by atoms with Gasteiger partial charge in [0.25, 0.3) is 0 Å². The summed E-state index contributed by atoms with van der Waals surface area (Å²) >= 11 is 0. The van der Waals surface area contributed by atoms with Crippen LogP contribution in [0.25, 0.3) is 0 Å². The zero-order valence-corrected chi connectivity index (χ0v) is 21.7. The van der Waals surface area contributed by atoms with Gasteiger partial charge >= 0.3 is 11.9 Å². The fourth-order valence-corrected chi connectivity index (χ4v) is 7.39. The molecule has 0 amide bonds. The Bertz CT molecular complexity index is 1070. The largest absolute Gasteiger partial charge is 0.472 e. The van der Waals surface area contributed by atoms with Crippen LogP contribution in [-0.2, 0) is 28.5 Å². The fourth-order valence-electron chi connectivity index (χ4n) is 7.39. The number of methoxy groups -OCH3 is 1. The van der Waals surface area contributed by atoms with Crippen LogP contribution in [0.2, 0.25) is 0 Å². The molecule has 1 aromatic rings. The first-order chi connectivity index (χ1) is 18.1. The summed E-state index contributed by atoms with van der Waals surface area (Å²) in [4.78, 5) is 26.5. The Balaban J connectivity index is 1.54. The summed E-state index contributed by atoms with van der Waals surface area (Å²) in [5.74, 6) is -1.68. The van der Waals surface area contributed by atoms with Crippen LogP contribution < -0.4 is 0 Å². The van der Waals surface area contributed by atoms with E-state index in [4.69, 9.17) is 23.4 Å². The summed E-state index contributed by atoms with van der Waals surface area (Å²) in [6.07, 6.45) is -1.81. The van der Waals surface area contributed by atoms with E-state index < -0.39 is 72.2 Å². The predicted octanol–water partition coefficient (Wildman–Crippen LogP) is 0.995. The van der Waals surface area contributed by atoms with Crippen molar-refractivity contribution < 1.29 is 53.4 Å². The van der Waals surface area contributed by atoms with Crippen molar-refractivity contribution in [3.63, 3.8) is 0 Å². The molecule has 2 aliphatic carbocycles. The third-order valence-corrected chi connectivity index (χ3v) is 9.45. The average Bonchev–Trinajstić information content (AvgIpc) is 3.44. The first-order valence-electron chi connectivity index (χ1n) is 13.0. The Kier molecular flexibility index (Phi) is 7.21. The molecule has 4 N–H and O–H groups in total. The van der Waals surface area contributed by atoms with Crippen molar-refractivity contribution in [3.8, 4) is 0 Å². The van der Waals surface area contributed by atoms with Crippen molar-refractivity contribution in [2.45, 2.75) is 82.4 Å². The highest BCUT2D eigenvalue weighted by Gasteiger charge is 2.66. The van der Waals surface area contributed by atoms with E-state index in [9.17, 15) is 30.0 Å². The number of hydrogen-bond acceptors (Lipinski definition) is 11. The summed E-state index contributed by atoms with van der Waals surface area (Å²) < 4.78 is 28.2. The molecule has 0 unspecified atom stereocenters. The van der Waals surface area contributed by atoms with Gasteiger partial charge in [0, 0.05) is 16.6 Å². The summed E-state index contributed by atoms with van der Waals surface area (Å²) in [6, 6.07) is 1.77. The standard InChI is InChI=1S/C27H36O11/c1-26-10-16(13-7-8-35-12-13)36-24(33)15(26)9-19(27(2)14(23(32)34-3)5-4-6-18(26)27)38-25-22(31)21(30)20(29)17(11-28)37-25/h5,7-8,12,15-22,25,28-31H,4,6,9-11H2,1-3H3/t15-,16-,17+,18-,19-,20+,21-,22+,25-,26+,27-/m0/s1. The zero-order chi connectivity index (χ0) is 27.4. The van der Waals surface area contributed by atoms with Crippen LogP contribution in [-0.4, -0.2) is 82.9 Å². The van der Waals surface area contributed by atoms with Gasteiger partial charge in [-0.15, -0.1) is 0 Å². The zero-order valence-electron chi connectivity index (χ0n) is 21.7. The first-order valence-corrected chi connectivity index (χ1v) is 13.0. The number of carbonyl (C=O) groups excluding carboxylic acids is 2. The number of ether oxygens (including phenoxy) is 4. The number of fused-ring (bicyclic) bond motifs is 3. The molecule has 3 heterocycles. The van der Waals surface area contributed by atoms with Gasteiger partial charge in [-0.25, -0.2) is 4.79 Å². The normalized spacial score (nSPS) is 44.9. The second-order valence-corrected chi connectivity index (χ2v) is 11.3. The van der Waals surface area contributed by atoms with Crippen molar-refractivity contribution >= 4 is 11.9 Å². The highest BCUT2D eigenvalue weighted by atomic mass is 16.7. The molecular weight excluding hydrogens is 500 g/mol. The number of aliphatic hydroxyl groups excluding tert-OH is 4. The van der Waals surface area contributed by atoms with E-state index in [0.29, 0.717) is 24.8 Å². The number of esters is 2. The molecule has 0 spiro atoms. The lowest BCUT2D eigenvalue weighted by atomic mass is 9.44. The van der Waals surface area contributed by atoms with Gasteiger partial charge in [-0.2, -0.15) is 0 Å². The van der Waals surface area contributed by atoms with Crippen LogP contribution in [0.4, 0.5) is 0 Å². The average molecular weight is 537 g/mol. The molecular formula is C27H36O11. The lowest BCUT2D eigenvalue weighted by Gasteiger charge is -2.62. The Labute approximate surface area is 220 Å². The minimum absolute atomic E-state index is 0.157. The summed E-state index contributed by atoms with van der Waals surface area (Å²) in [7, 11) is 1.31. The summed E-state index contributed by atoms with van der Waals surface area (Å²) in [5, 5.41) is 40.8. The van der Waals surface area contributed by atoms with Gasteiger partial charge in [-0.1, -0.05) is 19.9 Å². The second kappa shape index (κ2) is 10.0. The maximum Gasteiger partial charge on any atom is 0.334 e. The molecule has 210 valence electrons. The summed E-state index contributed by atoms with van der Waals surface area (Å²) in [5.41, 5.74) is -0.341. The van der Waals surface area contributed by atoms with Crippen LogP contribution in [0.15, 0.2) is 34.7 Å². The van der Waals surface area contributed by atoms with Gasteiger partial charge < -0.3 is 43.8 Å². The summed E-state index contributed by atoms with van der Waals surface area (Å²) in [6.45, 7) is 3.35. The SMILES string of the molecule is COC(=O)C1=CCC[C@H]2[C@]3(C)C[C@@H](c4ccoc4)OC(=O)[C@@H]3C[C@H](O[C@@H]3O[C@H](CO)[C@@H](O)[C@H](O)[C@H]3O)[C@@]12C. The van der Waals surface area contributed by atoms with Crippen LogP contribution in [0.5, 0.6) is 0 Å². The van der Waals surface area contributed by atoms with Crippen LogP contribution in [0.1, 0.15) is 51.2 Å². The molecule has 0 aromatic carbocycles. The lowest BCUT2D eigenvalue weighted by molar-refractivity contribution is -0.329. The van der Waals surface area contributed by atoms with Gasteiger partial charge in [-0.05, 0) is 43.1 Å². The van der Waals surface area contributed by atoms with Gasteiger partial charge in [0.05, 0.1) is 38.3 Å². The molecule has 3 fully saturated rings. The van der Waals surface area contributed by atoms with E-state index in [1.807, 2.05) is 13.0 Å². The number of cyclic esters (lactones) is 1. The van der Waals surface area contributed by atoms with E-state index in [1.165, 1.54) is 13.4 Å². The molecule has 0 bridgehead atoms. The first kappa shape index (κ1) is 27.3. The van der Waals surface area contributed by atoms with E-state index in [0.717, 1.165) is 5.56 Å². The van der Waals surface area contributed by atoms with Crippen molar-refractivity contribution in [3.05, 3.63) is 35.8 Å². The Morgan fingerprint density at radius 1 is 1.18 bits per heavy atom. The van der Waals surface area contributed by atoms with E-state index in [1.54, 1.807) is 12.3 Å². The molecule has 0 radical (unpaired) electrons. The maximum absolute atomic E-state index is 13.5. The predicted molar refractivity (Wildman–Crippen MR) is 128 cm³/mol. The Hall–Kier alpha value is -2.28. The van der Waals surface area contributed by atoms with Crippen molar-refractivity contribution in [1.29, 1.82) is 0 Å². The highest BCUT2D eigenvalue weighted by molar-refractivity contribution is 5.90. The number of allylic oxidation sites excluding steroid dienone is 1. The topological polar surface area (TPSA) is 165 Å². The smallest absolute Gasteiger partial charge is 0.334 e. The molecule has 2 saturated heterocycles. The van der Waals surface area contributed by atoms with Crippen molar-refractivity contribution in [2.75, 3.05) is 13.7 Å². The fraction of sp³-hybridized carbons (Fsp3) is 0.704. The lowest BCUT2D eigenvalue weighted by Crippen LogP contribution is -2.65. The number of furan rings is 1. The highest BCUT2D eigenvalue weighted by Crippen LogP contribution is 2.65. The minimum Gasteiger partial charge on any atom is -0.472 e. The monoisotopic (exact) mass is 536 g/mol. The molecule has 1 saturated carbocycles. The maximum atomic E-state index is 13.5. The third kappa shape index (κ3) is 4.11.